The molecule has 0 unspecified atom stereocenters. The largest absolute Gasteiger partial charge is 0.494 e. The number of thiazole rings is 1. The summed E-state index contributed by atoms with van der Waals surface area (Å²) in [7, 11) is 0. The van der Waals surface area contributed by atoms with Gasteiger partial charge in [-0.15, -0.1) is 0 Å². The van der Waals surface area contributed by atoms with E-state index in [1.54, 1.807) is 0 Å². The van der Waals surface area contributed by atoms with Crippen LogP contribution in [0.5, 0.6) is 5.75 Å². The van der Waals surface area contributed by atoms with Crippen molar-refractivity contribution in [2.75, 3.05) is 19.7 Å². The highest BCUT2D eigenvalue weighted by Gasteiger charge is 2.19. The number of benzene rings is 1. The van der Waals surface area contributed by atoms with E-state index in [0.717, 1.165) is 60.5 Å². The number of hydrogen-bond donors (Lipinski definition) is 1. The molecule has 0 saturated carbocycles. The van der Waals surface area contributed by atoms with Gasteiger partial charge in [-0.3, -0.25) is 9.69 Å². The highest BCUT2D eigenvalue weighted by atomic mass is 32.1. The molecule has 2 heterocycles. The van der Waals surface area contributed by atoms with E-state index in [9.17, 15) is 4.79 Å². The molecule has 2 aromatic rings. The van der Waals surface area contributed by atoms with Crippen LogP contribution in [0.15, 0.2) is 29.1 Å². The lowest BCUT2D eigenvalue weighted by Gasteiger charge is -2.29. The third kappa shape index (κ3) is 4.28. The van der Waals surface area contributed by atoms with Gasteiger partial charge in [0.1, 0.15) is 5.75 Å². The van der Waals surface area contributed by atoms with E-state index < -0.39 is 0 Å². The maximum Gasteiger partial charge on any atom is 0.305 e. The standard InChI is InChI=1S/C19H26N2O2S/c1-3-12-23-16-6-4-15(5-7-16)18-17(24-19(22)20-18)13-21-10-8-14(2)9-11-21/h4-7,14H,3,8-13H2,1-2H3,(H,20,22). The van der Waals surface area contributed by atoms with Crippen molar-refractivity contribution in [2.45, 2.75) is 39.7 Å². The van der Waals surface area contributed by atoms with E-state index in [1.165, 1.54) is 24.2 Å². The van der Waals surface area contributed by atoms with Crippen LogP contribution in [0.25, 0.3) is 11.3 Å². The SMILES string of the molecule is CCCOc1ccc(-c2[nH]c(=O)sc2CN2CCC(C)CC2)cc1. The van der Waals surface area contributed by atoms with Crippen molar-refractivity contribution in [2.24, 2.45) is 5.92 Å². The molecule has 0 spiro atoms. The Morgan fingerprint density at radius 1 is 1.25 bits per heavy atom. The van der Waals surface area contributed by atoms with Gasteiger partial charge in [0.25, 0.3) is 0 Å². The van der Waals surface area contributed by atoms with Gasteiger partial charge in [0.2, 0.25) is 0 Å². The molecule has 1 saturated heterocycles. The number of ether oxygens (including phenoxy) is 1. The second-order valence-electron chi connectivity index (χ2n) is 6.64. The van der Waals surface area contributed by atoms with Gasteiger partial charge < -0.3 is 9.72 Å². The van der Waals surface area contributed by atoms with E-state index in [0.29, 0.717) is 0 Å². The van der Waals surface area contributed by atoms with Crippen LogP contribution >= 0.6 is 11.3 Å². The van der Waals surface area contributed by atoms with Crippen LogP contribution in [0.4, 0.5) is 0 Å². The summed E-state index contributed by atoms with van der Waals surface area (Å²) in [5.41, 5.74) is 2.02. The molecule has 130 valence electrons. The molecule has 0 aliphatic carbocycles. The first kappa shape index (κ1) is 17.2. The molecule has 0 radical (unpaired) electrons. The highest BCUT2D eigenvalue weighted by Crippen LogP contribution is 2.28. The van der Waals surface area contributed by atoms with Crippen molar-refractivity contribution in [3.63, 3.8) is 0 Å². The van der Waals surface area contributed by atoms with Gasteiger partial charge in [0.15, 0.2) is 0 Å². The Kier molecular flexibility index (Phi) is 5.74. The monoisotopic (exact) mass is 346 g/mol. The lowest BCUT2D eigenvalue weighted by Crippen LogP contribution is -2.32. The predicted molar refractivity (Wildman–Crippen MR) is 99.8 cm³/mol. The van der Waals surface area contributed by atoms with E-state index in [2.05, 4.69) is 23.7 Å². The molecule has 4 nitrogen and oxygen atoms in total. The number of hydrogen-bond acceptors (Lipinski definition) is 4. The molecule has 1 aliphatic heterocycles. The van der Waals surface area contributed by atoms with Crippen LogP contribution in [0.3, 0.4) is 0 Å². The Labute approximate surface area is 147 Å². The number of rotatable bonds is 6. The summed E-state index contributed by atoms with van der Waals surface area (Å²) in [6, 6.07) is 8.02. The number of H-pyrrole nitrogens is 1. The summed E-state index contributed by atoms with van der Waals surface area (Å²) in [6.07, 6.45) is 3.49. The summed E-state index contributed by atoms with van der Waals surface area (Å²) in [4.78, 5) is 18.5. The van der Waals surface area contributed by atoms with Crippen molar-refractivity contribution >= 4 is 11.3 Å². The smallest absolute Gasteiger partial charge is 0.305 e. The van der Waals surface area contributed by atoms with E-state index in [-0.39, 0.29) is 4.87 Å². The summed E-state index contributed by atoms with van der Waals surface area (Å²) in [6.45, 7) is 8.25. The molecular formula is C19H26N2O2S. The third-order valence-corrected chi connectivity index (χ3v) is 5.45. The minimum absolute atomic E-state index is 0.0247. The molecular weight excluding hydrogens is 320 g/mol. The van der Waals surface area contributed by atoms with Crippen molar-refractivity contribution < 1.29 is 4.74 Å². The van der Waals surface area contributed by atoms with Gasteiger partial charge >= 0.3 is 4.87 Å². The highest BCUT2D eigenvalue weighted by molar-refractivity contribution is 7.09. The van der Waals surface area contributed by atoms with Gasteiger partial charge in [0.05, 0.1) is 12.3 Å². The molecule has 1 N–H and O–H groups in total. The van der Waals surface area contributed by atoms with Crippen LogP contribution in [-0.4, -0.2) is 29.6 Å². The maximum atomic E-state index is 11.9. The average molecular weight is 346 g/mol. The first-order valence-electron chi connectivity index (χ1n) is 8.83. The maximum absolute atomic E-state index is 11.9. The first-order chi connectivity index (χ1) is 11.7. The topological polar surface area (TPSA) is 45.3 Å². The molecule has 1 fully saturated rings. The molecule has 24 heavy (non-hydrogen) atoms. The number of nitrogens with one attached hydrogen (secondary N) is 1. The summed E-state index contributed by atoms with van der Waals surface area (Å²) < 4.78 is 5.64. The van der Waals surface area contributed by atoms with E-state index in [4.69, 9.17) is 4.74 Å². The average Bonchev–Trinajstić information content (AvgIpc) is 2.96. The Bertz CT molecular complexity index is 697. The predicted octanol–water partition coefficient (Wildman–Crippen LogP) is 4.12. The molecule has 1 aromatic carbocycles. The zero-order valence-corrected chi connectivity index (χ0v) is 15.3. The Morgan fingerprint density at radius 3 is 2.62 bits per heavy atom. The van der Waals surface area contributed by atoms with Crippen LogP contribution in [-0.2, 0) is 6.54 Å². The molecule has 1 aromatic heterocycles. The minimum atomic E-state index is 0.0247. The Hall–Kier alpha value is -1.59. The summed E-state index contributed by atoms with van der Waals surface area (Å²) in [5.74, 6) is 1.70. The first-order valence-corrected chi connectivity index (χ1v) is 9.65. The van der Waals surface area contributed by atoms with Gasteiger partial charge in [-0.2, -0.15) is 0 Å². The van der Waals surface area contributed by atoms with Gasteiger partial charge in [-0.1, -0.05) is 25.2 Å². The Morgan fingerprint density at radius 2 is 1.96 bits per heavy atom. The molecule has 5 heteroatoms. The van der Waals surface area contributed by atoms with Crippen LogP contribution < -0.4 is 9.61 Å². The normalized spacial score (nSPS) is 16.4. The summed E-state index contributed by atoms with van der Waals surface area (Å²) in [5, 5.41) is 0. The fourth-order valence-corrected chi connectivity index (χ4v) is 3.96. The Balaban J connectivity index is 1.75. The molecule has 3 rings (SSSR count). The second-order valence-corrected chi connectivity index (χ2v) is 7.71. The van der Waals surface area contributed by atoms with Gasteiger partial charge in [-0.25, -0.2) is 0 Å². The van der Waals surface area contributed by atoms with E-state index >= 15 is 0 Å². The number of aromatic amines is 1. The van der Waals surface area contributed by atoms with E-state index in [1.807, 2.05) is 24.3 Å². The van der Waals surface area contributed by atoms with Crippen molar-refractivity contribution in [3.05, 3.63) is 38.8 Å². The second kappa shape index (κ2) is 7.99. The van der Waals surface area contributed by atoms with Gasteiger partial charge in [-0.05, 0) is 68.1 Å². The lowest BCUT2D eigenvalue weighted by atomic mass is 9.99. The molecule has 0 atom stereocenters. The number of nitrogens with zero attached hydrogens (tertiary/aromatic N) is 1. The minimum Gasteiger partial charge on any atom is -0.494 e. The van der Waals surface area contributed by atoms with Crippen LogP contribution in [0.2, 0.25) is 0 Å². The quantitative estimate of drug-likeness (QED) is 0.855. The molecule has 0 bridgehead atoms. The third-order valence-electron chi connectivity index (χ3n) is 4.58. The number of likely N-dealkylation sites (tertiary alicyclic amines) is 1. The van der Waals surface area contributed by atoms with Crippen LogP contribution in [0, 0.1) is 5.92 Å². The van der Waals surface area contributed by atoms with Crippen LogP contribution in [0.1, 0.15) is 38.0 Å². The zero-order valence-electron chi connectivity index (χ0n) is 14.5. The van der Waals surface area contributed by atoms with Crippen molar-refractivity contribution in [1.82, 2.24) is 9.88 Å². The zero-order chi connectivity index (χ0) is 16.9. The lowest BCUT2D eigenvalue weighted by molar-refractivity contribution is 0.187. The fraction of sp³-hybridized carbons (Fsp3) is 0.526. The van der Waals surface area contributed by atoms with Crippen molar-refractivity contribution in [1.29, 1.82) is 0 Å². The summed E-state index contributed by atoms with van der Waals surface area (Å²) >= 11 is 1.34. The number of aromatic nitrogens is 1. The van der Waals surface area contributed by atoms with Crippen molar-refractivity contribution in [3.8, 4) is 17.0 Å². The molecule has 0 amide bonds. The number of piperidine rings is 1. The van der Waals surface area contributed by atoms with Gasteiger partial charge in [0, 0.05) is 11.4 Å². The molecule has 1 aliphatic rings. The fourth-order valence-electron chi connectivity index (χ4n) is 3.07.